The third-order valence-electron chi connectivity index (χ3n) is 8.73. The second kappa shape index (κ2) is 12.4. The molecule has 0 radical (unpaired) electrons. The van der Waals surface area contributed by atoms with Gasteiger partial charge in [0.15, 0.2) is 11.6 Å². The van der Waals surface area contributed by atoms with Gasteiger partial charge < -0.3 is 0 Å². The summed E-state index contributed by atoms with van der Waals surface area (Å²) >= 11 is 1.71. The van der Waals surface area contributed by atoms with Crippen molar-refractivity contribution in [2.45, 2.75) is 0 Å². The summed E-state index contributed by atoms with van der Waals surface area (Å²) < 4.78 is 1.21. The average molecular weight is 645 g/mol. The summed E-state index contributed by atoms with van der Waals surface area (Å²) in [5.41, 5.74) is 9.98. The largest absolute Gasteiger partial charge is 0.228 e. The van der Waals surface area contributed by atoms with Crippen molar-refractivity contribution in [1.82, 2.24) is 19.9 Å². The molecule has 0 spiro atoms. The molecule has 6 aromatic carbocycles. The molecule has 4 nitrogen and oxygen atoms in total. The smallest absolute Gasteiger partial charge is 0.161 e. The number of fused-ring (bicyclic) bond motifs is 3. The number of nitrogens with zero attached hydrogens (tertiary/aromatic N) is 4. The lowest BCUT2D eigenvalue weighted by Crippen LogP contribution is -1.96. The molecule has 0 saturated heterocycles. The predicted octanol–water partition coefficient (Wildman–Crippen LogP) is 11.6. The normalized spacial score (nSPS) is 11.3. The Morgan fingerprint density at radius 3 is 1.41 bits per heavy atom. The molecule has 0 aliphatic carbocycles. The van der Waals surface area contributed by atoms with Gasteiger partial charge in [-0.05, 0) is 35.4 Å². The first kappa shape index (κ1) is 28.9. The van der Waals surface area contributed by atoms with Crippen molar-refractivity contribution in [1.29, 1.82) is 0 Å². The standard InChI is InChI=1S/C44H28N4S/c1-4-14-29(15-5-1)37-28-38(30-16-6-2-7-17-30)46-42(45-37)34-22-12-20-32(26-34)33-21-13-23-35(27-33)43-47-41(31-18-8-3-9-19-31)40-36-24-10-11-25-39(36)49-44(40)48-43/h1-28H. The van der Waals surface area contributed by atoms with E-state index in [1.165, 1.54) is 10.1 Å². The maximum Gasteiger partial charge on any atom is 0.161 e. The lowest BCUT2D eigenvalue weighted by Gasteiger charge is -2.11. The Morgan fingerprint density at radius 1 is 0.347 bits per heavy atom. The van der Waals surface area contributed by atoms with Crippen molar-refractivity contribution in [3.8, 4) is 67.7 Å². The summed E-state index contributed by atoms with van der Waals surface area (Å²) in [5.74, 6) is 1.39. The van der Waals surface area contributed by atoms with Crippen molar-refractivity contribution in [2.24, 2.45) is 0 Å². The van der Waals surface area contributed by atoms with Crippen LogP contribution in [0.5, 0.6) is 0 Å². The molecule has 49 heavy (non-hydrogen) atoms. The minimum absolute atomic E-state index is 0.685. The fourth-order valence-corrected chi connectivity index (χ4v) is 7.40. The maximum absolute atomic E-state index is 5.22. The van der Waals surface area contributed by atoms with Crippen LogP contribution in [0.1, 0.15) is 0 Å². The first-order chi connectivity index (χ1) is 24.3. The molecular weight excluding hydrogens is 617 g/mol. The number of hydrogen-bond acceptors (Lipinski definition) is 5. The zero-order valence-electron chi connectivity index (χ0n) is 26.4. The number of aromatic nitrogens is 4. The summed E-state index contributed by atoms with van der Waals surface area (Å²) in [5, 5.41) is 2.29. The monoisotopic (exact) mass is 644 g/mol. The Bertz CT molecular complexity index is 2540. The quantitative estimate of drug-likeness (QED) is 0.181. The fourth-order valence-electron chi connectivity index (χ4n) is 6.32. The van der Waals surface area contributed by atoms with Crippen molar-refractivity contribution < 1.29 is 0 Å². The topological polar surface area (TPSA) is 51.6 Å². The molecule has 0 N–H and O–H groups in total. The molecule has 0 aliphatic rings. The van der Waals surface area contributed by atoms with E-state index in [0.717, 1.165) is 66.2 Å². The van der Waals surface area contributed by atoms with E-state index in [1.54, 1.807) is 11.3 Å². The molecule has 0 atom stereocenters. The van der Waals surface area contributed by atoms with Gasteiger partial charge in [0.05, 0.1) is 17.1 Å². The number of hydrogen-bond donors (Lipinski definition) is 0. The molecular formula is C44H28N4S. The fraction of sp³-hybridized carbons (Fsp3) is 0. The summed E-state index contributed by atoms with van der Waals surface area (Å²) in [7, 11) is 0. The van der Waals surface area contributed by atoms with Crippen LogP contribution in [0.15, 0.2) is 170 Å². The van der Waals surface area contributed by atoms with E-state index < -0.39 is 0 Å². The lowest BCUT2D eigenvalue weighted by molar-refractivity contribution is 1.18. The van der Waals surface area contributed by atoms with E-state index in [9.17, 15) is 0 Å². The van der Waals surface area contributed by atoms with Crippen LogP contribution in [0.3, 0.4) is 0 Å². The average Bonchev–Trinajstić information content (AvgIpc) is 3.57. The highest BCUT2D eigenvalue weighted by atomic mass is 32.1. The number of benzene rings is 6. The minimum Gasteiger partial charge on any atom is -0.228 e. The van der Waals surface area contributed by atoms with Gasteiger partial charge in [0, 0.05) is 43.3 Å². The van der Waals surface area contributed by atoms with Crippen LogP contribution in [0.2, 0.25) is 0 Å². The summed E-state index contributed by atoms with van der Waals surface area (Å²) in [6, 6.07) is 58.5. The predicted molar refractivity (Wildman–Crippen MR) is 203 cm³/mol. The summed E-state index contributed by atoms with van der Waals surface area (Å²) in [4.78, 5) is 21.4. The molecule has 3 heterocycles. The van der Waals surface area contributed by atoms with Crippen LogP contribution in [-0.2, 0) is 0 Å². The van der Waals surface area contributed by atoms with Crippen LogP contribution < -0.4 is 0 Å². The Kier molecular flexibility index (Phi) is 7.30. The second-order valence-corrected chi connectivity index (χ2v) is 12.9. The van der Waals surface area contributed by atoms with E-state index in [4.69, 9.17) is 19.9 Å². The molecule has 0 aliphatic heterocycles. The van der Waals surface area contributed by atoms with Crippen LogP contribution in [0, 0.1) is 0 Å². The third kappa shape index (κ3) is 5.56. The third-order valence-corrected chi connectivity index (χ3v) is 9.79. The van der Waals surface area contributed by atoms with Gasteiger partial charge in [-0.1, -0.05) is 146 Å². The number of rotatable bonds is 6. The molecule has 9 rings (SSSR count). The maximum atomic E-state index is 5.22. The van der Waals surface area contributed by atoms with Crippen molar-refractivity contribution >= 4 is 31.6 Å². The van der Waals surface area contributed by atoms with Crippen molar-refractivity contribution in [2.75, 3.05) is 0 Å². The molecule has 9 aromatic rings. The van der Waals surface area contributed by atoms with Gasteiger partial charge in [-0.25, -0.2) is 19.9 Å². The SMILES string of the molecule is c1ccc(-c2cc(-c3ccccc3)nc(-c3cccc(-c4cccc(-c5nc(-c6ccccc6)c6c(n5)sc5ccccc56)c4)c3)n2)cc1. The summed E-state index contributed by atoms with van der Waals surface area (Å²) in [6.45, 7) is 0. The molecule has 0 saturated carbocycles. The highest BCUT2D eigenvalue weighted by Gasteiger charge is 2.17. The van der Waals surface area contributed by atoms with E-state index in [2.05, 4.69) is 127 Å². The zero-order valence-corrected chi connectivity index (χ0v) is 27.2. The Labute approximate surface area is 288 Å². The van der Waals surface area contributed by atoms with E-state index in [0.29, 0.717) is 11.6 Å². The molecule has 0 fully saturated rings. The van der Waals surface area contributed by atoms with Crippen molar-refractivity contribution in [3.05, 3.63) is 170 Å². The van der Waals surface area contributed by atoms with E-state index >= 15 is 0 Å². The lowest BCUT2D eigenvalue weighted by atomic mass is 10.00. The van der Waals surface area contributed by atoms with Gasteiger partial charge in [0.2, 0.25) is 0 Å². The Hall–Kier alpha value is -6.30. The van der Waals surface area contributed by atoms with Crippen LogP contribution in [-0.4, -0.2) is 19.9 Å². The highest BCUT2D eigenvalue weighted by Crippen LogP contribution is 2.40. The first-order valence-electron chi connectivity index (χ1n) is 16.2. The molecule has 0 unspecified atom stereocenters. The minimum atomic E-state index is 0.685. The van der Waals surface area contributed by atoms with Gasteiger partial charge >= 0.3 is 0 Å². The first-order valence-corrected chi connectivity index (χ1v) is 17.0. The van der Waals surface area contributed by atoms with Gasteiger partial charge in [0.25, 0.3) is 0 Å². The molecule has 230 valence electrons. The van der Waals surface area contributed by atoms with Gasteiger partial charge in [-0.2, -0.15) is 0 Å². The van der Waals surface area contributed by atoms with Crippen LogP contribution in [0.25, 0.3) is 88.0 Å². The van der Waals surface area contributed by atoms with Crippen molar-refractivity contribution in [3.63, 3.8) is 0 Å². The number of thiophene rings is 1. The Morgan fingerprint density at radius 2 is 0.816 bits per heavy atom. The molecule has 0 bridgehead atoms. The second-order valence-electron chi connectivity index (χ2n) is 11.9. The van der Waals surface area contributed by atoms with Crippen LogP contribution >= 0.6 is 11.3 Å². The van der Waals surface area contributed by atoms with Crippen LogP contribution in [0.4, 0.5) is 0 Å². The van der Waals surface area contributed by atoms with Gasteiger partial charge in [-0.15, -0.1) is 11.3 Å². The van der Waals surface area contributed by atoms with Gasteiger partial charge in [0.1, 0.15) is 4.83 Å². The zero-order chi connectivity index (χ0) is 32.6. The molecule has 3 aromatic heterocycles. The van der Waals surface area contributed by atoms with E-state index in [1.807, 2.05) is 42.5 Å². The molecule has 0 amide bonds. The highest BCUT2D eigenvalue weighted by molar-refractivity contribution is 7.25. The molecule has 5 heteroatoms. The van der Waals surface area contributed by atoms with E-state index in [-0.39, 0.29) is 0 Å². The summed E-state index contributed by atoms with van der Waals surface area (Å²) in [6.07, 6.45) is 0. The van der Waals surface area contributed by atoms with Gasteiger partial charge in [-0.3, -0.25) is 0 Å². The Balaban J connectivity index is 1.15.